The first-order valence-corrected chi connectivity index (χ1v) is 6.92. The lowest BCUT2D eigenvalue weighted by Gasteiger charge is -2.05. The van der Waals surface area contributed by atoms with Gasteiger partial charge in [0.05, 0.1) is 5.02 Å². The fourth-order valence-corrected chi connectivity index (χ4v) is 2.25. The lowest BCUT2D eigenvalue weighted by molar-refractivity contribution is -0.117. The van der Waals surface area contributed by atoms with Crippen LogP contribution in [0.4, 0.5) is 4.39 Å². The van der Waals surface area contributed by atoms with Crippen LogP contribution in [0.3, 0.4) is 0 Å². The molecule has 2 aromatic rings. The van der Waals surface area contributed by atoms with Gasteiger partial charge in [0.25, 0.3) is 0 Å². The first kappa shape index (κ1) is 14.2. The van der Waals surface area contributed by atoms with Gasteiger partial charge in [0.15, 0.2) is 0 Å². The number of halogens is 3. The Kier molecular flexibility index (Phi) is 4.72. The predicted molar refractivity (Wildman–Crippen MR) is 78.0 cm³/mol. The molecule has 0 bridgehead atoms. The van der Waals surface area contributed by atoms with Crippen LogP contribution in [0, 0.1) is 5.82 Å². The van der Waals surface area contributed by atoms with Crippen molar-refractivity contribution in [1.29, 1.82) is 0 Å². The standard InChI is InChI=1S/C15H11BrClFO/c16-12-6-4-10(5-7-12)8-13(19)9-11-2-1-3-14(18)15(11)17/h1-7H,8-9H2. The minimum absolute atomic E-state index is 0.00909. The van der Waals surface area contributed by atoms with Crippen molar-refractivity contribution >= 4 is 33.3 Å². The van der Waals surface area contributed by atoms with Crippen molar-refractivity contribution in [3.8, 4) is 0 Å². The second kappa shape index (κ2) is 6.31. The molecule has 0 saturated carbocycles. The fraction of sp³-hybridized carbons (Fsp3) is 0.133. The molecule has 0 fully saturated rings. The molecular weight excluding hydrogens is 331 g/mol. The summed E-state index contributed by atoms with van der Waals surface area (Å²) in [5, 5.41) is 0.0339. The van der Waals surface area contributed by atoms with Crippen molar-refractivity contribution in [2.45, 2.75) is 12.8 Å². The van der Waals surface area contributed by atoms with E-state index < -0.39 is 5.82 Å². The Morgan fingerprint density at radius 3 is 2.47 bits per heavy atom. The van der Waals surface area contributed by atoms with Gasteiger partial charge in [-0.05, 0) is 29.3 Å². The average Bonchev–Trinajstić information content (AvgIpc) is 2.38. The number of hydrogen-bond donors (Lipinski definition) is 0. The molecule has 0 spiro atoms. The Morgan fingerprint density at radius 1 is 1.11 bits per heavy atom. The van der Waals surface area contributed by atoms with E-state index in [4.69, 9.17) is 11.6 Å². The van der Waals surface area contributed by atoms with Crippen LogP contribution in [0.15, 0.2) is 46.9 Å². The predicted octanol–water partition coefficient (Wildman–Crippen LogP) is 4.60. The largest absolute Gasteiger partial charge is 0.299 e. The third-order valence-electron chi connectivity index (χ3n) is 2.73. The van der Waals surface area contributed by atoms with Gasteiger partial charge in [-0.25, -0.2) is 4.39 Å². The van der Waals surface area contributed by atoms with Crippen molar-refractivity contribution in [1.82, 2.24) is 0 Å². The summed E-state index contributed by atoms with van der Waals surface area (Å²) in [6.07, 6.45) is 0.465. The smallest absolute Gasteiger partial charge is 0.142 e. The van der Waals surface area contributed by atoms with Crippen LogP contribution < -0.4 is 0 Å². The topological polar surface area (TPSA) is 17.1 Å². The molecule has 0 unspecified atom stereocenters. The van der Waals surface area contributed by atoms with Crippen molar-refractivity contribution < 1.29 is 9.18 Å². The summed E-state index contributed by atoms with van der Waals surface area (Å²) in [5.74, 6) is -0.481. The van der Waals surface area contributed by atoms with Gasteiger partial charge in [0.2, 0.25) is 0 Å². The minimum atomic E-state index is -0.490. The maximum absolute atomic E-state index is 13.3. The highest BCUT2D eigenvalue weighted by Crippen LogP contribution is 2.21. The number of rotatable bonds is 4. The maximum atomic E-state index is 13.3. The number of carbonyl (C=O) groups is 1. The van der Waals surface area contributed by atoms with E-state index in [1.54, 1.807) is 12.1 Å². The molecule has 0 aliphatic rings. The molecule has 0 aromatic heterocycles. The van der Waals surface area contributed by atoms with Crippen LogP contribution in [0.2, 0.25) is 5.02 Å². The van der Waals surface area contributed by atoms with Crippen LogP contribution in [0.5, 0.6) is 0 Å². The zero-order valence-corrected chi connectivity index (χ0v) is 12.3. The second-order valence-corrected chi connectivity index (χ2v) is 5.53. The summed E-state index contributed by atoms with van der Waals surface area (Å²) in [4.78, 5) is 11.9. The van der Waals surface area contributed by atoms with Crippen molar-refractivity contribution in [2.24, 2.45) is 0 Å². The van der Waals surface area contributed by atoms with Gasteiger partial charge in [-0.3, -0.25) is 4.79 Å². The van der Waals surface area contributed by atoms with Crippen LogP contribution in [0.25, 0.3) is 0 Å². The summed E-state index contributed by atoms with van der Waals surface area (Å²) >= 11 is 9.17. The molecular formula is C15H11BrClFO. The Bertz CT molecular complexity index is 596. The minimum Gasteiger partial charge on any atom is -0.299 e. The summed E-state index contributed by atoms with van der Waals surface area (Å²) < 4.78 is 14.2. The number of hydrogen-bond acceptors (Lipinski definition) is 1. The highest BCUT2D eigenvalue weighted by molar-refractivity contribution is 9.10. The van der Waals surface area contributed by atoms with E-state index in [-0.39, 0.29) is 17.2 Å². The molecule has 0 radical (unpaired) electrons. The van der Waals surface area contributed by atoms with Crippen LogP contribution in [-0.2, 0) is 17.6 Å². The average molecular weight is 342 g/mol. The number of carbonyl (C=O) groups excluding carboxylic acids is 1. The molecule has 98 valence electrons. The number of Topliss-reactive ketones (excluding diaryl/α,β-unsaturated/α-hetero) is 1. The van der Waals surface area contributed by atoms with Crippen LogP contribution >= 0.6 is 27.5 Å². The van der Waals surface area contributed by atoms with Crippen molar-refractivity contribution in [3.63, 3.8) is 0 Å². The molecule has 0 atom stereocenters. The highest BCUT2D eigenvalue weighted by Gasteiger charge is 2.10. The summed E-state index contributed by atoms with van der Waals surface area (Å²) in [5.41, 5.74) is 1.46. The lowest BCUT2D eigenvalue weighted by atomic mass is 10.0. The van der Waals surface area contributed by atoms with Crippen molar-refractivity contribution in [3.05, 3.63) is 68.9 Å². The molecule has 0 heterocycles. The van der Waals surface area contributed by atoms with Crippen LogP contribution in [0.1, 0.15) is 11.1 Å². The van der Waals surface area contributed by atoms with E-state index >= 15 is 0 Å². The molecule has 0 saturated heterocycles. The third kappa shape index (κ3) is 3.88. The van der Waals surface area contributed by atoms with E-state index in [0.29, 0.717) is 12.0 Å². The third-order valence-corrected chi connectivity index (χ3v) is 3.69. The van der Waals surface area contributed by atoms with Crippen molar-refractivity contribution in [2.75, 3.05) is 0 Å². The summed E-state index contributed by atoms with van der Waals surface area (Å²) in [6.45, 7) is 0. The first-order valence-electron chi connectivity index (χ1n) is 5.75. The lowest BCUT2D eigenvalue weighted by Crippen LogP contribution is -2.07. The molecule has 19 heavy (non-hydrogen) atoms. The van der Waals surface area contributed by atoms with Gasteiger partial charge < -0.3 is 0 Å². The van der Waals surface area contributed by atoms with Gasteiger partial charge in [-0.15, -0.1) is 0 Å². The van der Waals surface area contributed by atoms with E-state index in [0.717, 1.165) is 10.0 Å². The van der Waals surface area contributed by atoms with E-state index in [2.05, 4.69) is 15.9 Å². The van der Waals surface area contributed by atoms with E-state index in [9.17, 15) is 9.18 Å². The Labute approximate surface area is 124 Å². The Balaban J connectivity index is 2.05. The SMILES string of the molecule is O=C(Cc1ccc(Br)cc1)Cc1cccc(F)c1Cl. The molecule has 0 N–H and O–H groups in total. The van der Waals surface area contributed by atoms with E-state index in [1.807, 2.05) is 24.3 Å². The Hall–Kier alpha value is -1.19. The van der Waals surface area contributed by atoms with E-state index in [1.165, 1.54) is 6.07 Å². The molecule has 0 amide bonds. The van der Waals surface area contributed by atoms with Gasteiger partial charge in [-0.1, -0.05) is 51.8 Å². The molecule has 1 nitrogen and oxygen atoms in total. The first-order chi connectivity index (χ1) is 9.06. The monoisotopic (exact) mass is 340 g/mol. The second-order valence-electron chi connectivity index (χ2n) is 4.23. The fourth-order valence-electron chi connectivity index (χ4n) is 1.79. The number of benzene rings is 2. The highest BCUT2D eigenvalue weighted by atomic mass is 79.9. The van der Waals surface area contributed by atoms with Crippen LogP contribution in [-0.4, -0.2) is 5.78 Å². The van der Waals surface area contributed by atoms with Gasteiger partial charge >= 0.3 is 0 Å². The Morgan fingerprint density at radius 2 is 1.79 bits per heavy atom. The van der Waals surface area contributed by atoms with Gasteiger partial charge in [0, 0.05) is 17.3 Å². The zero-order chi connectivity index (χ0) is 13.8. The zero-order valence-electron chi connectivity index (χ0n) is 10.00. The van der Waals surface area contributed by atoms with Gasteiger partial charge in [-0.2, -0.15) is 0 Å². The molecule has 2 aromatic carbocycles. The summed E-state index contributed by atoms with van der Waals surface area (Å²) in [7, 11) is 0. The molecule has 4 heteroatoms. The van der Waals surface area contributed by atoms with Gasteiger partial charge in [0.1, 0.15) is 11.6 Å². The number of ketones is 1. The summed E-state index contributed by atoms with van der Waals surface area (Å²) in [6, 6.07) is 12.1. The molecule has 0 aliphatic heterocycles. The maximum Gasteiger partial charge on any atom is 0.142 e. The molecule has 0 aliphatic carbocycles. The molecule has 2 rings (SSSR count). The normalized spacial score (nSPS) is 10.5. The quantitative estimate of drug-likeness (QED) is 0.794.